The highest BCUT2D eigenvalue weighted by molar-refractivity contribution is 9.09. The quantitative estimate of drug-likeness (QED) is 0.836. The number of thiazole rings is 1. The molecule has 0 bridgehead atoms. The third-order valence-corrected chi connectivity index (χ3v) is 3.52. The van der Waals surface area contributed by atoms with Crippen molar-refractivity contribution in [2.75, 3.05) is 5.33 Å². The van der Waals surface area contributed by atoms with Crippen LogP contribution in [0.2, 0.25) is 0 Å². The van der Waals surface area contributed by atoms with Gasteiger partial charge >= 0.3 is 0 Å². The van der Waals surface area contributed by atoms with Crippen molar-refractivity contribution >= 4 is 27.3 Å². The fourth-order valence-corrected chi connectivity index (χ4v) is 2.27. The summed E-state index contributed by atoms with van der Waals surface area (Å²) in [7, 11) is 0. The van der Waals surface area contributed by atoms with Crippen LogP contribution in [0.15, 0.2) is 6.20 Å². The van der Waals surface area contributed by atoms with Crippen molar-refractivity contribution in [2.24, 2.45) is 0 Å². The van der Waals surface area contributed by atoms with Gasteiger partial charge in [-0.3, -0.25) is 0 Å². The lowest BCUT2D eigenvalue weighted by Gasteiger charge is -2.01. The second-order valence-electron chi connectivity index (χ2n) is 2.93. The first-order valence-corrected chi connectivity index (χ1v) is 5.78. The van der Waals surface area contributed by atoms with E-state index in [-0.39, 0.29) is 0 Å². The highest BCUT2D eigenvalue weighted by Gasteiger charge is 2.11. The summed E-state index contributed by atoms with van der Waals surface area (Å²) < 4.78 is 0. The van der Waals surface area contributed by atoms with Gasteiger partial charge in [0.2, 0.25) is 0 Å². The number of hydrogen-bond donors (Lipinski definition) is 1. The maximum Gasteiger partial charge on any atom is 0.0994 e. The second-order valence-corrected chi connectivity index (χ2v) is 4.67. The number of aliphatic hydroxyl groups is 1. The molecule has 0 aliphatic carbocycles. The average Bonchev–Trinajstić information content (AvgIpc) is 2.51. The molecule has 1 rings (SSSR count). The Morgan fingerprint density at radius 3 is 2.75 bits per heavy atom. The van der Waals surface area contributed by atoms with Gasteiger partial charge in [-0.25, -0.2) is 4.98 Å². The van der Waals surface area contributed by atoms with Gasteiger partial charge in [-0.2, -0.15) is 0 Å². The first-order chi connectivity index (χ1) is 5.65. The zero-order valence-electron chi connectivity index (χ0n) is 7.12. The Hall–Kier alpha value is 0.0700. The smallest absolute Gasteiger partial charge is 0.0994 e. The number of aliphatic hydroxyl groups excluding tert-OH is 1. The zero-order chi connectivity index (χ0) is 9.14. The lowest BCUT2D eigenvalue weighted by atomic mass is 10.2. The van der Waals surface area contributed by atoms with Gasteiger partial charge < -0.3 is 5.11 Å². The summed E-state index contributed by atoms with van der Waals surface area (Å²) in [5.74, 6) is 0.450. The van der Waals surface area contributed by atoms with Crippen LogP contribution in [-0.4, -0.2) is 15.4 Å². The van der Waals surface area contributed by atoms with Crippen LogP contribution in [0.5, 0.6) is 0 Å². The SMILES string of the molecule is CC(C)c1ncc(C(O)CBr)s1. The molecule has 2 nitrogen and oxygen atoms in total. The lowest BCUT2D eigenvalue weighted by Crippen LogP contribution is -1.93. The summed E-state index contributed by atoms with van der Waals surface area (Å²) in [6.07, 6.45) is 1.35. The molecule has 0 aliphatic rings. The molecule has 4 heteroatoms. The molecule has 0 saturated heterocycles. The molecule has 0 radical (unpaired) electrons. The van der Waals surface area contributed by atoms with E-state index >= 15 is 0 Å². The molecule has 12 heavy (non-hydrogen) atoms. The predicted molar refractivity (Wildman–Crippen MR) is 55.0 cm³/mol. The summed E-state index contributed by atoms with van der Waals surface area (Å²) >= 11 is 4.81. The number of halogens is 1. The fraction of sp³-hybridized carbons (Fsp3) is 0.625. The summed E-state index contributed by atoms with van der Waals surface area (Å²) in [6, 6.07) is 0. The fourth-order valence-electron chi connectivity index (χ4n) is 0.798. The summed E-state index contributed by atoms with van der Waals surface area (Å²) in [6.45, 7) is 4.20. The van der Waals surface area contributed by atoms with Crippen molar-refractivity contribution in [3.8, 4) is 0 Å². The van der Waals surface area contributed by atoms with E-state index in [1.165, 1.54) is 0 Å². The molecular weight excluding hydrogens is 238 g/mol. The van der Waals surface area contributed by atoms with Crippen LogP contribution < -0.4 is 0 Å². The molecule has 0 aliphatic heterocycles. The molecule has 1 aromatic rings. The topological polar surface area (TPSA) is 33.1 Å². The van der Waals surface area contributed by atoms with Crippen molar-refractivity contribution in [2.45, 2.75) is 25.9 Å². The molecule has 1 unspecified atom stereocenters. The summed E-state index contributed by atoms with van der Waals surface area (Å²) in [5.41, 5.74) is 0. The van der Waals surface area contributed by atoms with Crippen LogP contribution in [0, 0.1) is 0 Å². The van der Waals surface area contributed by atoms with Crippen LogP contribution >= 0.6 is 27.3 Å². The Morgan fingerprint density at radius 1 is 1.67 bits per heavy atom. The highest BCUT2D eigenvalue weighted by atomic mass is 79.9. The van der Waals surface area contributed by atoms with Crippen molar-refractivity contribution < 1.29 is 5.11 Å². The van der Waals surface area contributed by atoms with E-state index in [0.29, 0.717) is 11.2 Å². The first-order valence-electron chi connectivity index (χ1n) is 3.84. The second kappa shape index (κ2) is 4.35. The number of hydrogen-bond acceptors (Lipinski definition) is 3. The number of aromatic nitrogens is 1. The summed E-state index contributed by atoms with van der Waals surface area (Å²) in [4.78, 5) is 5.16. The van der Waals surface area contributed by atoms with Gasteiger partial charge in [-0.05, 0) is 0 Å². The molecule has 68 valence electrons. The van der Waals surface area contributed by atoms with Crippen LogP contribution in [0.3, 0.4) is 0 Å². The zero-order valence-corrected chi connectivity index (χ0v) is 9.52. The van der Waals surface area contributed by atoms with Gasteiger partial charge in [0.05, 0.1) is 16.0 Å². The van der Waals surface area contributed by atoms with Gasteiger partial charge in [0.25, 0.3) is 0 Å². The minimum absolute atomic E-state index is 0.407. The minimum Gasteiger partial charge on any atom is -0.387 e. The van der Waals surface area contributed by atoms with Crippen molar-refractivity contribution in [1.82, 2.24) is 4.98 Å². The Balaban J connectivity index is 2.77. The lowest BCUT2D eigenvalue weighted by molar-refractivity contribution is 0.209. The van der Waals surface area contributed by atoms with E-state index in [9.17, 15) is 5.11 Å². The normalized spacial score (nSPS) is 13.8. The minimum atomic E-state index is -0.407. The van der Waals surface area contributed by atoms with Crippen LogP contribution in [-0.2, 0) is 0 Å². The largest absolute Gasteiger partial charge is 0.387 e. The number of rotatable bonds is 3. The Morgan fingerprint density at radius 2 is 2.33 bits per heavy atom. The summed E-state index contributed by atoms with van der Waals surface area (Å²) in [5, 5.41) is 11.1. The third-order valence-electron chi connectivity index (χ3n) is 1.51. The third kappa shape index (κ3) is 2.28. The van der Waals surface area contributed by atoms with Gasteiger partial charge in [0.1, 0.15) is 0 Å². The van der Waals surface area contributed by atoms with Gasteiger partial charge in [0.15, 0.2) is 0 Å². The van der Waals surface area contributed by atoms with Crippen LogP contribution in [0.4, 0.5) is 0 Å². The van der Waals surface area contributed by atoms with E-state index in [4.69, 9.17) is 0 Å². The predicted octanol–water partition coefficient (Wildman–Crippen LogP) is 2.69. The van der Waals surface area contributed by atoms with Crippen molar-refractivity contribution in [3.05, 3.63) is 16.1 Å². The van der Waals surface area contributed by atoms with E-state index < -0.39 is 6.10 Å². The molecule has 1 N–H and O–H groups in total. The molecule has 1 atom stereocenters. The van der Waals surface area contributed by atoms with E-state index in [0.717, 1.165) is 9.88 Å². The van der Waals surface area contributed by atoms with Gasteiger partial charge in [0, 0.05) is 17.4 Å². The Kier molecular flexibility index (Phi) is 3.68. The average molecular weight is 250 g/mol. The van der Waals surface area contributed by atoms with Crippen molar-refractivity contribution in [3.63, 3.8) is 0 Å². The Bertz CT molecular complexity index is 249. The first kappa shape index (κ1) is 10.2. The number of alkyl halides is 1. The molecule has 0 fully saturated rings. The maximum absolute atomic E-state index is 9.45. The van der Waals surface area contributed by atoms with E-state index in [1.807, 2.05) is 0 Å². The molecular formula is C8H12BrNOS. The van der Waals surface area contributed by atoms with E-state index in [1.54, 1.807) is 17.5 Å². The monoisotopic (exact) mass is 249 g/mol. The van der Waals surface area contributed by atoms with Gasteiger partial charge in [-0.1, -0.05) is 29.8 Å². The maximum atomic E-state index is 9.45. The molecule has 1 heterocycles. The Labute approximate surface area is 84.8 Å². The number of nitrogens with zero attached hydrogens (tertiary/aromatic N) is 1. The molecule has 0 aromatic carbocycles. The molecule has 0 spiro atoms. The molecule has 0 saturated carbocycles. The van der Waals surface area contributed by atoms with Crippen LogP contribution in [0.1, 0.15) is 35.8 Å². The molecule has 0 amide bonds. The highest BCUT2D eigenvalue weighted by Crippen LogP contribution is 2.26. The van der Waals surface area contributed by atoms with Crippen molar-refractivity contribution in [1.29, 1.82) is 0 Å². The van der Waals surface area contributed by atoms with Gasteiger partial charge in [-0.15, -0.1) is 11.3 Å². The van der Waals surface area contributed by atoms with E-state index in [2.05, 4.69) is 34.8 Å². The van der Waals surface area contributed by atoms with Crippen LogP contribution in [0.25, 0.3) is 0 Å². The standard InChI is InChI=1S/C8H12BrNOS/c1-5(2)8-10-4-7(12-8)6(11)3-9/h4-6,11H,3H2,1-2H3. The molecule has 1 aromatic heterocycles.